The van der Waals surface area contributed by atoms with E-state index in [1.54, 1.807) is 55.0 Å². The molecule has 4 N–H and O–H groups in total. The number of anilines is 11. The molecule has 6 aromatic heterocycles. The molecule has 9 aliphatic rings. The summed E-state index contributed by atoms with van der Waals surface area (Å²) in [6.07, 6.45) is -4.17. The zero-order chi connectivity index (χ0) is 65.9. The molecule has 6 amide bonds. The molecule has 0 aromatic carbocycles. The van der Waals surface area contributed by atoms with Gasteiger partial charge in [-0.15, -0.1) is 0 Å². The number of pyridine rings is 3. The van der Waals surface area contributed by atoms with Gasteiger partial charge in [0, 0.05) is 96.4 Å². The average Bonchev–Trinajstić information content (AvgIpc) is 1.52. The van der Waals surface area contributed by atoms with E-state index in [2.05, 4.69) is 85.6 Å². The monoisotopic (exact) mass is 1340 g/mol. The highest BCUT2D eigenvalue weighted by Gasteiger charge is 2.48. The minimum absolute atomic E-state index is 0.0471. The molecule has 6 saturated heterocycles. The first kappa shape index (κ1) is 65.1. The molecule has 27 nitrogen and oxygen atoms in total. The second-order valence-electron chi connectivity index (χ2n) is 22.6. The van der Waals surface area contributed by atoms with Crippen molar-refractivity contribution in [2.45, 2.75) is 74.2 Å². The van der Waals surface area contributed by atoms with E-state index in [0.29, 0.717) is 71.3 Å². The Bertz CT molecular complexity index is 3480. The van der Waals surface area contributed by atoms with Crippen LogP contribution < -0.4 is 60.5 Å². The van der Waals surface area contributed by atoms with Crippen molar-refractivity contribution in [2.24, 2.45) is 0 Å². The molecular weight excluding hydrogens is 1280 g/mol. The molecule has 6 fully saturated rings. The second kappa shape index (κ2) is 27.5. The van der Waals surface area contributed by atoms with Crippen molar-refractivity contribution in [1.29, 1.82) is 0 Å². The molecule has 6 atom stereocenters. The summed E-state index contributed by atoms with van der Waals surface area (Å²) in [7, 11) is 0. The number of halogens is 10. The molecule has 0 spiro atoms. The lowest BCUT2D eigenvalue weighted by molar-refractivity contribution is -0.224. The smallest absolute Gasteiger partial charge is 0.366 e. The van der Waals surface area contributed by atoms with Crippen molar-refractivity contribution in [3.8, 4) is 0 Å². The lowest BCUT2D eigenvalue weighted by Crippen LogP contribution is -2.50. The number of urea groups is 3. The van der Waals surface area contributed by atoms with E-state index < -0.39 is 48.9 Å². The van der Waals surface area contributed by atoms with E-state index in [4.69, 9.17) is 21.1 Å². The maximum Gasteiger partial charge on any atom is 0.416 e. The molecule has 0 saturated carbocycles. The van der Waals surface area contributed by atoms with E-state index >= 15 is 0 Å². The first-order chi connectivity index (χ1) is 45.1. The summed E-state index contributed by atoms with van der Waals surface area (Å²) >= 11 is 6.01. The first-order valence-corrected chi connectivity index (χ1v) is 30.3. The maximum atomic E-state index is 13.1. The number of hydrogen-bond acceptors (Lipinski definition) is 21. The zero-order valence-corrected chi connectivity index (χ0v) is 50.4. The summed E-state index contributed by atoms with van der Waals surface area (Å²) in [4.78, 5) is 90.8. The van der Waals surface area contributed by atoms with Crippen LogP contribution in [0.25, 0.3) is 0 Å². The Kier molecular flexibility index (Phi) is 19.1. The maximum absolute atomic E-state index is 13.1. The topological polar surface area (TPSA) is 269 Å². The van der Waals surface area contributed by atoms with Gasteiger partial charge in [0.05, 0.1) is 80.5 Å². The predicted octanol–water partition coefficient (Wildman–Crippen LogP) is 7.23. The molecule has 94 heavy (non-hydrogen) atoms. The van der Waals surface area contributed by atoms with Crippen LogP contribution in [-0.2, 0) is 14.2 Å². The second-order valence-corrected chi connectivity index (χ2v) is 23.0. The van der Waals surface area contributed by atoms with E-state index in [9.17, 15) is 53.9 Å². The summed E-state index contributed by atoms with van der Waals surface area (Å²) in [5.41, 5.74) is 2.51. The molecule has 9 aliphatic heterocycles. The Labute approximate surface area is 535 Å². The Balaban J connectivity index is 0.000000127. The van der Waals surface area contributed by atoms with Gasteiger partial charge in [-0.05, 0) is 61.7 Å². The van der Waals surface area contributed by atoms with Crippen molar-refractivity contribution >= 4 is 93.3 Å². The van der Waals surface area contributed by atoms with Gasteiger partial charge < -0.3 is 44.0 Å². The highest BCUT2D eigenvalue weighted by atomic mass is 35.5. The van der Waals surface area contributed by atoms with E-state index in [-0.39, 0.29) is 76.7 Å². The molecule has 0 radical (unpaired) electrons. The Hall–Kier alpha value is -9.00. The molecule has 1 unspecified atom stereocenters. The van der Waals surface area contributed by atoms with Gasteiger partial charge in [-0.3, -0.25) is 40.6 Å². The van der Waals surface area contributed by atoms with E-state index in [1.165, 1.54) is 43.5 Å². The van der Waals surface area contributed by atoms with Crippen LogP contribution in [0.5, 0.6) is 0 Å². The minimum atomic E-state index is -4.44. The third kappa shape index (κ3) is 14.7. The van der Waals surface area contributed by atoms with Crippen LogP contribution in [-0.4, -0.2) is 216 Å². The Morgan fingerprint density at radius 2 is 0.904 bits per heavy atom. The van der Waals surface area contributed by atoms with Gasteiger partial charge in [-0.25, -0.2) is 49.3 Å². The van der Waals surface area contributed by atoms with Crippen molar-refractivity contribution in [2.75, 3.05) is 154 Å². The van der Waals surface area contributed by atoms with E-state index in [0.717, 1.165) is 62.5 Å². The Morgan fingerprint density at radius 1 is 0.468 bits per heavy atom. The molecule has 0 aliphatic carbocycles. The number of nitrogens with zero attached hydrogens (tertiary/aromatic N) is 17. The largest absolute Gasteiger partial charge is 0.416 e. The lowest BCUT2D eigenvalue weighted by Gasteiger charge is -2.38. The number of aromatic nitrogens is 9. The molecule has 500 valence electrons. The van der Waals surface area contributed by atoms with Crippen LogP contribution in [0, 0.1) is 0 Å². The number of hydrogen-bond donors (Lipinski definition) is 4. The fourth-order valence-electron chi connectivity index (χ4n) is 12.2. The third-order valence-corrected chi connectivity index (χ3v) is 16.9. The summed E-state index contributed by atoms with van der Waals surface area (Å²) < 4.78 is 128. The van der Waals surface area contributed by atoms with Crippen LogP contribution in [0.15, 0.2) is 92.2 Å². The van der Waals surface area contributed by atoms with Crippen LogP contribution in [0.2, 0.25) is 5.15 Å². The number of carbonyl (C=O) groups excluding carboxylic acids is 3. The van der Waals surface area contributed by atoms with Gasteiger partial charge >= 0.3 is 36.6 Å². The highest BCUT2D eigenvalue weighted by Crippen LogP contribution is 2.44. The molecule has 15 rings (SSSR count). The van der Waals surface area contributed by atoms with Gasteiger partial charge in [0.1, 0.15) is 28.9 Å². The number of alkyl halides is 9. The van der Waals surface area contributed by atoms with Crippen molar-refractivity contribution in [3.05, 3.63) is 97.3 Å². The molecule has 6 aromatic rings. The fourth-order valence-corrected chi connectivity index (χ4v) is 12.4. The summed E-state index contributed by atoms with van der Waals surface area (Å²) in [5, 5.41) is 11.2. The molecule has 15 heterocycles. The number of carbonyl (C=O) groups is 3. The summed E-state index contributed by atoms with van der Waals surface area (Å²) in [6.45, 7) is 4.97. The van der Waals surface area contributed by atoms with Crippen molar-refractivity contribution < 1.29 is 68.1 Å². The predicted molar refractivity (Wildman–Crippen MR) is 325 cm³/mol. The van der Waals surface area contributed by atoms with Gasteiger partial charge in [0.15, 0.2) is 47.4 Å². The van der Waals surface area contributed by atoms with Gasteiger partial charge in [0.25, 0.3) is 0 Å². The number of ether oxygens (including phenoxy) is 3. The standard InChI is InChI=1S/2C19H20F3N7O2.C14H13ClN6O.C5H8F3NO/c2*20-19(21,22)14-11-28(7-8-31-14)16-2-1-13-17(26-16)29(12-3-6-27(13)10-12)18(30)25-15-9-23-4-5-24-15;15-11-2-1-10-13(18-11)21(9-4-6-20(10)7-9)14(22)19-12-3-5-16-8-17-12;6-5(7,8)4-3-9-1-2-10-4/h2*1-2,4-5,9,12,14H,3,6-8,10-11H2,(H,24,25,30);1-3,5,8-9H,4,6-7H2,(H,16,17,19,22);4,9H,1-3H2/t12-,14+;12-,14-;9-;/m000./s1. The fraction of sp³-hybridized carbons (Fsp3) is 0.474. The molecule has 37 heteroatoms. The number of rotatable bonds is 5. The molecule has 6 bridgehead atoms. The number of fused-ring (bicyclic) bond motifs is 12. The minimum Gasteiger partial charge on any atom is -0.366 e. The molecular formula is C57H61ClF9N21O6. The Morgan fingerprint density at radius 3 is 1.30 bits per heavy atom. The lowest BCUT2D eigenvalue weighted by atomic mass is 10.2. The highest BCUT2D eigenvalue weighted by molar-refractivity contribution is 6.29. The van der Waals surface area contributed by atoms with E-state index in [1.807, 2.05) is 18.2 Å². The summed E-state index contributed by atoms with van der Waals surface area (Å²) in [5.74, 6) is 3.33. The number of nitrogens with one attached hydrogen (secondary N) is 4. The third-order valence-electron chi connectivity index (χ3n) is 16.7. The summed E-state index contributed by atoms with van der Waals surface area (Å²) in [6, 6.07) is 11.2. The van der Waals surface area contributed by atoms with Crippen LogP contribution in [0.4, 0.5) is 118 Å². The van der Waals surface area contributed by atoms with Crippen LogP contribution >= 0.6 is 11.6 Å². The number of morpholine rings is 3. The average molecular weight is 1340 g/mol. The number of amides is 6. The first-order valence-electron chi connectivity index (χ1n) is 29.9. The van der Waals surface area contributed by atoms with Gasteiger partial charge in [-0.1, -0.05) is 11.6 Å². The van der Waals surface area contributed by atoms with Gasteiger partial charge in [0.2, 0.25) is 0 Å². The zero-order valence-electron chi connectivity index (χ0n) is 49.7. The normalized spacial score (nSPS) is 22.7. The van der Waals surface area contributed by atoms with Crippen LogP contribution in [0.1, 0.15) is 19.3 Å². The van der Waals surface area contributed by atoms with Gasteiger partial charge in [-0.2, -0.15) is 39.5 Å². The SMILES string of the molecule is FC(F)(F)C1CNCCO1.O=C(Nc1ccncn1)N1c2nc(Cl)ccc2N2CC[C@H]1C2.O=C(Nc1cnccn1)N1c2nc(N3CCO[C@@H](C(F)(F)F)C3)ccc2N2CC[C@H]1C2.O=C(Nc1cnccn1)N1c2nc(N3CCO[C@H](C(F)(F)F)C3)ccc2N2CC[C@H]1C2. The van der Waals surface area contributed by atoms with Crippen molar-refractivity contribution in [1.82, 2.24) is 50.2 Å². The van der Waals surface area contributed by atoms with Crippen LogP contribution in [0.3, 0.4) is 0 Å². The quantitative estimate of drug-likeness (QED) is 0.0979. The van der Waals surface area contributed by atoms with Crippen molar-refractivity contribution in [3.63, 3.8) is 0 Å².